The summed E-state index contributed by atoms with van der Waals surface area (Å²) in [6, 6.07) is 10.1. The van der Waals surface area contributed by atoms with Gasteiger partial charge in [0.25, 0.3) is 5.91 Å². The van der Waals surface area contributed by atoms with E-state index >= 15 is 0 Å². The minimum atomic E-state index is -0.372. The molecule has 0 spiro atoms. The number of aryl methyl sites for hydroxylation is 1. The minimum Gasteiger partial charge on any atom is -0.483 e. The van der Waals surface area contributed by atoms with Gasteiger partial charge in [-0.2, -0.15) is 5.10 Å². The zero-order valence-corrected chi connectivity index (χ0v) is 14.4. The molecule has 0 radical (unpaired) electrons. The van der Waals surface area contributed by atoms with Crippen molar-refractivity contribution in [2.45, 2.75) is 13.8 Å². The van der Waals surface area contributed by atoms with E-state index in [1.165, 1.54) is 12.3 Å². The maximum atomic E-state index is 13.1. The summed E-state index contributed by atoms with van der Waals surface area (Å²) < 4.78 is 18.9. The Balaban J connectivity index is 1.86. The molecule has 1 amide bonds. The van der Waals surface area contributed by atoms with Crippen LogP contribution in [0.3, 0.4) is 0 Å². The van der Waals surface area contributed by atoms with Crippen molar-refractivity contribution in [3.05, 3.63) is 63.4 Å². The van der Waals surface area contributed by atoms with Crippen molar-refractivity contribution in [2.24, 2.45) is 5.10 Å². The van der Waals surface area contributed by atoms with E-state index in [4.69, 9.17) is 4.74 Å². The second kappa shape index (κ2) is 7.87. The number of hydrazone groups is 1. The first-order chi connectivity index (χ1) is 11.0. The van der Waals surface area contributed by atoms with Crippen molar-refractivity contribution < 1.29 is 13.9 Å². The molecule has 0 aliphatic carbocycles. The molecule has 6 heteroatoms. The lowest BCUT2D eigenvalue weighted by Gasteiger charge is -2.09. The summed E-state index contributed by atoms with van der Waals surface area (Å²) in [7, 11) is 0. The Bertz CT molecular complexity index is 747. The second-order valence-corrected chi connectivity index (χ2v) is 5.81. The summed E-state index contributed by atoms with van der Waals surface area (Å²) in [5, 5.41) is 3.82. The van der Waals surface area contributed by atoms with Crippen LogP contribution in [0, 0.1) is 19.7 Å². The summed E-state index contributed by atoms with van der Waals surface area (Å²) in [5.74, 6) is -0.0527. The van der Waals surface area contributed by atoms with Gasteiger partial charge in [0, 0.05) is 0 Å². The summed E-state index contributed by atoms with van der Waals surface area (Å²) in [4.78, 5) is 11.7. The first-order valence-corrected chi connectivity index (χ1v) is 7.72. The molecule has 0 aliphatic heterocycles. The third kappa shape index (κ3) is 4.89. The number of carbonyl (C=O) groups excluding carboxylic acids is 1. The zero-order valence-electron chi connectivity index (χ0n) is 12.8. The molecular formula is C17H16BrFN2O2. The Labute approximate surface area is 142 Å². The predicted molar refractivity (Wildman–Crippen MR) is 91.2 cm³/mol. The van der Waals surface area contributed by atoms with Gasteiger partial charge < -0.3 is 4.74 Å². The van der Waals surface area contributed by atoms with Gasteiger partial charge >= 0.3 is 0 Å². The molecule has 0 saturated carbocycles. The SMILES string of the molecule is Cc1cccc(OCC(=O)N/N=C\c2ccc(F)c(Br)c2)c1C. The number of ether oxygens (including phenoxy) is 1. The molecular weight excluding hydrogens is 363 g/mol. The summed E-state index contributed by atoms with van der Waals surface area (Å²) >= 11 is 3.09. The van der Waals surface area contributed by atoms with Gasteiger partial charge in [-0.3, -0.25) is 4.79 Å². The van der Waals surface area contributed by atoms with Crippen LogP contribution in [0.4, 0.5) is 4.39 Å². The van der Waals surface area contributed by atoms with E-state index in [0.29, 0.717) is 15.8 Å². The number of hydrogen-bond acceptors (Lipinski definition) is 3. The van der Waals surface area contributed by atoms with Crippen LogP contribution in [0.5, 0.6) is 5.75 Å². The normalized spacial score (nSPS) is 10.8. The number of benzene rings is 2. The molecule has 2 rings (SSSR count). The van der Waals surface area contributed by atoms with E-state index in [9.17, 15) is 9.18 Å². The summed E-state index contributed by atoms with van der Waals surface area (Å²) in [5.41, 5.74) is 5.13. The van der Waals surface area contributed by atoms with Crippen molar-refractivity contribution >= 4 is 28.1 Å². The molecule has 2 aromatic rings. The Morgan fingerprint density at radius 2 is 2.13 bits per heavy atom. The van der Waals surface area contributed by atoms with Crippen LogP contribution in [-0.4, -0.2) is 18.7 Å². The molecule has 0 unspecified atom stereocenters. The van der Waals surface area contributed by atoms with E-state index in [1.54, 1.807) is 12.1 Å². The van der Waals surface area contributed by atoms with Gasteiger partial charge in [-0.1, -0.05) is 18.2 Å². The van der Waals surface area contributed by atoms with Crippen LogP contribution >= 0.6 is 15.9 Å². The lowest BCUT2D eigenvalue weighted by Crippen LogP contribution is -2.24. The number of amides is 1. The quantitative estimate of drug-likeness (QED) is 0.636. The fourth-order valence-corrected chi connectivity index (χ4v) is 2.22. The molecule has 0 aliphatic rings. The molecule has 0 saturated heterocycles. The Kier molecular flexibility index (Phi) is 5.87. The van der Waals surface area contributed by atoms with Crippen molar-refractivity contribution in [3.63, 3.8) is 0 Å². The highest BCUT2D eigenvalue weighted by molar-refractivity contribution is 9.10. The van der Waals surface area contributed by atoms with Crippen molar-refractivity contribution in [2.75, 3.05) is 6.61 Å². The van der Waals surface area contributed by atoms with Gasteiger partial charge in [0.1, 0.15) is 11.6 Å². The summed E-state index contributed by atoms with van der Waals surface area (Å²) in [6.07, 6.45) is 1.43. The minimum absolute atomic E-state index is 0.130. The van der Waals surface area contributed by atoms with Gasteiger partial charge in [0.2, 0.25) is 0 Å². The highest BCUT2D eigenvalue weighted by Crippen LogP contribution is 2.20. The van der Waals surface area contributed by atoms with Gasteiger partial charge in [-0.25, -0.2) is 9.82 Å². The molecule has 4 nitrogen and oxygen atoms in total. The van der Waals surface area contributed by atoms with Crippen LogP contribution in [0.1, 0.15) is 16.7 Å². The van der Waals surface area contributed by atoms with E-state index in [2.05, 4.69) is 26.5 Å². The highest BCUT2D eigenvalue weighted by Gasteiger charge is 2.05. The third-order valence-electron chi connectivity index (χ3n) is 3.26. The van der Waals surface area contributed by atoms with E-state index < -0.39 is 0 Å². The van der Waals surface area contributed by atoms with Gasteiger partial charge in [-0.15, -0.1) is 0 Å². The summed E-state index contributed by atoms with van der Waals surface area (Å²) in [6.45, 7) is 3.79. The van der Waals surface area contributed by atoms with Crippen LogP contribution < -0.4 is 10.2 Å². The predicted octanol–water partition coefficient (Wildman–Crippen LogP) is 3.73. The Hall–Kier alpha value is -2.21. The molecule has 0 bridgehead atoms. The number of halogens is 2. The maximum absolute atomic E-state index is 13.1. The average Bonchev–Trinajstić information content (AvgIpc) is 2.52. The zero-order chi connectivity index (χ0) is 16.8. The number of hydrogen-bond donors (Lipinski definition) is 1. The Morgan fingerprint density at radius 1 is 1.35 bits per heavy atom. The van der Waals surface area contributed by atoms with Crippen molar-refractivity contribution in [1.29, 1.82) is 0 Å². The fourth-order valence-electron chi connectivity index (χ4n) is 1.83. The molecule has 0 heterocycles. The van der Waals surface area contributed by atoms with E-state index in [0.717, 1.165) is 11.1 Å². The molecule has 2 aromatic carbocycles. The van der Waals surface area contributed by atoms with Crippen molar-refractivity contribution in [3.8, 4) is 5.75 Å². The monoisotopic (exact) mass is 378 g/mol. The highest BCUT2D eigenvalue weighted by atomic mass is 79.9. The first kappa shape index (κ1) is 17.1. The molecule has 1 N–H and O–H groups in total. The molecule has 0 fully saturated rings. The standard InChI is InChI=1S/C17H16BrFN2O2/c1-11-4-3-5-16(12(11)2)23-10-17(22)21-20-9-13-6-7-15(19)14(18)8-13/h3-9H,10H2,1-2H3,(H,21,22)/b20-9-. The molecule has 120 valence electrons. The van der Waals surface area contributed by atoms with Crippen LogP contribution in [0.15, 0.2) is 46.0 Å². The first-order valence-electron chi connectivity index (χ1n) is 6.93. The third-order valence-corrected chi connectivity index (χ3v) is 3.87. The van der Waals surface area contributed by atoms with Gasteiger partial charge in [-0.05, 0) is 64.7 Å². The number of nitrogens with zero attached hydrogens (tertiary/aromatic N) is 1. The van der Waals surface area contributed by atoms with E-state index in [1.807, 2.05) is 32.0 Å². The lowest BCUT2D eigenvalue weighted by molar-refractivity contribution is -0.123. The largest absolute Gasteiger partial charge is 0.483 e. The van der Waals surface area contributed by atoms with E-state index in [-0.39, 0.29) is 18.3 Å². The fraction of sp³-hybridized carbons (Fsp3) is 0.176. The second-order valence-electron chi connectivity index (χ2n) is 4.95. The maximum Gasteiger partial charge on any atom is 0.277 e. The van der Waals surface area contributed by atoms with Gasteiger partial charge in [0.15, 0.2) is 6.61 Å². The number of nitrogens with one attached hydrogen (secondary N) is 1. The molecule has 23 heavy (non-hydrogen) atoms. The van der Waals surface area contributed by atoms with Crippen LogP contribution in [-0.2, 0) is 4.79 Å². The molecule has 0 atom stereocenters. The van der Waals surface area contributed by atoms with Gasteiger partial charge in [0.05, 0.1) is 10.7 Å². The number of carbonyl (C=O) groups is 1. The van der Waals surface area contributed by atoms with Crippen LogP contribution in [0.2, 0.25) is 0 Å². The topological polar surface area (TPSA) is 50.7 Å². The molecule has 0 aromatic heterocycles. The number of rotatable bonds is 5. The Morgan fingerprint density at radius 3 is 2.87 bits per heavy atom. The van der Waals surface area contributed by atoms with Crippen LogP contribution in [0.25, 0.3) is 0 Å². The van der Waals surface area contributed by atoms with Crippen molar-refractivity contribution in [1.82, 2.24) is 5.43 Å². The lowest BCUT2D eigenvalue weighted by atomic mass is 10.1. The average molecular weight is 379 g/mol. The smallest absolute Gasteiger partial charge is 0.277 e.